The summed E-state index contributed by atoms with van der Waals surface area (Å²) in [5.41, 5.74) is 6.46. The Balaban J connectivity index is 2.25. The van der Waals surface area contributed by atoms with E-state index in [0.29, 0.717) is 0 Å². The molecule has 1 aromatic carbocycles. The lowest BCUT2D eigenvalue weighted by Crippen LogP contribution is -1.97. The summed E-state index contributed by atoms with van der Waals surface area (Å²) in [6.07, 6.45) is 7.78. The number of hydrogen-bond acceptors (Lipinski definition) is 0. The van der Waals surface area contributed by atoms with Crippen molar-refractivity contribution in [2.24, 2.45) is 5.92 Å². The van der Waals surface area contributed by atoms with Crippen molar-refractivity contribution in [1.29, 1.82) is 0 Å². The third kappa shape index (κ3) is 2.16. The molecule has 88 valence electrons. The number of rotatable bonds is 4. The molecule has 0 heteroatoms. The third-order valence-corrected chi connectivity index (χ3v) is 4.00. The van der Waals surface area contributed by atoms with Crippen LogP contribution < -0.4 is 0 Å². The molecule has 0 bridgehead atoms. The number of benzene rings is 1. The maximum atomic E-state index is 2.49. The Bertz CT molecular complexity index is 330. The van der Waals surface area contributed by atoms with E-state index in [1.165, 1.54) is 38.5 Å². The maximum Gasteiger partial charge on any atom is -0.0244 e. The van der Waals surface area contributed by atoms with Gasteiger partial charge in [0.15, 0.2) is 0 Å². The van der Waals surface area contributed by atoms with Crippen molar-refractivity contribution in [1.82, 2.24) is 0 Å². The zero-order chi connectivity index (χ0) is 11.5. The van der Waals surface area contributed by atoms with Gasteiger partial charge in [0.25, 0.3) is 0 Å². The van der Waals surface area contributed by atoms with Crippen LogP contribution in [0.4, 0.5) is 0 Å². The van der Waals surface area contributed by atoms with Gasteiger partial charge >= 0.3 is 0 Å². The maximum absolute atomic E-state index is 2.49. The Morgan fingerprint density at radius 3 is 1.81 bits per heavy atom. The number of hydrogen-bond donors (Lipinski definition) is 0. The lowest BCUT2D eigenvalue weighted by molar-refractivity contribution is 0.507. The van der Waals surface area contributed by atoms with E-state index in [1.807, 2.05) is 0 Å². The van der Waals surface area contributed by atoms with E-state index < -0.39 is 0 Å². The lowest BCUT2D eigenvalue weighted by atomic mass is 9.97. The van der Waals surface area contributed by atoms with E-state index in [2.05, 4.69) is 32.9 Å². The zero-order valence-corrected chi connectivity index (χ0v) is 11.0. The highest BCUT2D eigenvalue weighted by Crippen LogP contribution is 2.32. The highest BCUT2D eigenvalue weighted by Gasteiger charge is 2.21. The molecule has 0 atom stereocenters. The normalized spacial score (nSPS) is 15.4. The van der Waals surface area contributed by atoms with E-state index >= 15 is 0 Å². The quantitative estimate of drug-likeness (QED) is 0.703. The van der Waals surface area contributed by atoms with E-state index in [9.17, 15) is 0 Å². The van der Waals surface area contributed by atoms with Crippen LogP contribution in [0.1, 0.15) is 55.9 Å². The average molecular weight is 216 g/mol. The molecule has 16 heavy (non-hydrogen) atoms. The van der Waals surface area contributed by atoms with Gasteiger partial charge in [-0.2, -0.15) is 0 Å². The van der Waals surface area contributed by atoms with Crippen molar-refractivity contribution in [2.45, 2.75) is 59.3 Å². The fourth-order valence-corrected chi connectivity index (χ4v) is 3.14. The van der Waals surface area contributed by atoms with Gasteiger partial charge in [0.1, 0.15) is 0 Å². The van der Waals surface area contributed by atoms with E-state index in [-0.39, 0.29) is 0 Å². The topological polar surface area (TPSA) is 0 Å². The lowest BCUT2D eigenvalue weighted by Gasteiger charge is -2.09. The van der Waals surface area contributed by atoms with Crippen molar-refractivity contribution in [3.05, 3.63) is 34.4 Å². The second-order valence-electron chi connectivity index (χ2n) is 5.16. The average Bonchev–Trinajstić information content (AvgIpc) is 2.68. The fourth-order valence-electron chi connectivity index (χ4n) is 3.14. The SMILES string of the molecule is CCCC1Cc2cc(CC)c(CC)cc2C1. The molecule has 0 fully saturated rings. The van der Waals surface area contributed by atoms with Gasteiger partial charge in [-0.05, 0) is 53.9 Å². The summed E-state index contributed by atoms with van der Waals surface area (Å²) in [4.78, 5) is 0. The van der Waals surface area contributed by atoms with E-state index in [1.54, 1.807) is 22.3 Å². The molecule has 1 aliphatic rings. The van der Waals surface area contributed by atoms with Gasteiger partial charge < -0.3 is 0 Å². The molecule has 0 aliphatic heterocycles. The summed E-state index contributed by atoms with van der Waals surface area (Å²) in [7, 11) is 0. The highest BCUT2D eigenvalue weighted by molar-refractivity contribution is 5.41. The second kappa shape index (κ2) is 5.03. The van der Waals surface area contributed by atoms with Gasteiger partial charge in [0, 0.05) is 0 Å². The first kappa shape index (κ1) is 11.7. The van der Waals surface area contributed by atoms with Crippen LogP contribution in [0.5, 0.6) is 0 Å². The molecule has 0 spiro atoms. The van der Waals surface area contributed by atoms with Crippen LogP contribution in [0.15, 0.2) is 12.1 Å². The molecule has 1 aromatic rings. The highest BCUT2D eigenvalue weighted by atomic mass is 14.3. The van der Waals surface area contributed by atoms with Gasteiger partial charge in [0.2, 0.25) is 0 Å². The second-order valence-corrected chi connectivity index (χ2v) is 5.16. The first-order valence-electron chi connectivity index (χ1n) is 6.91. The molecule has 0 amide bonds. The van der Waals surface area contributed by atoms with Crippen LogP contribution in [0.25, 0.3) is 0 Å². The Morgan fingerprint density at radius 1 is 0.938 bits per heavy atom. The van der Waals surface area contributed by atoms with Gasteiger partial charge in [0.05, 0.1) is 0 Å². The third-order valence-electron chi connectivity index (χ3n) is 4.00. The van der Waals surface area contributed by atoms with Gasteiger partial charge in [-0.1, -0.05) is 45.7 Å². The molecule has 0 nitrogen and oxygen atoms in total. The van der Waals surface area contributed by atoms with E-state index in [4.69, 9.17) is 0 Å². The number of fused-ring (bicyclic) bond motifs is 1. The molecule has 0 aromatic heterocycles. The first-order valence-corrected chi connectivity index (χ1v) is 6.91. The van der Waals surface area contributed by atoms with Gasteiger partial charge in [-0.25, -0.2) is 0 Å². The smallest absolute Gasteiger partial charge is 0.0244 e. The van der Waals surface area contributed by atoms with Crippen molar-refractivity contribution in [3.63, 3.8) is 0 Å². The Hall–Kier alpha value is -0.780. The Morgan fingerprint density at radius 2 is 1.44 bits per heavy atom. The summed E-state index contributed by atoms with van der Waals surface area (Å²) in [5.74, 6) is 0.928. The van der Waals surface area contributed by atoms with E-state index in [0.717, 1.165) is 5.92 Å². The monoisotopic (exact) mass is 216 g/mol. The fraction of sp³-hybridized carbons (Fsp3) is 0.625. The summed E-state index contributed by atoms with van der Waals surface area (Å²) in [5, 5.41) is 0. The molecular weight excluding hydrogens is 192 g/mol. The first-order chi connectivity index (χ1) is 7.78. The Kier molecular flexibility index (Phi) is 3.68. The number of aryl methyl sites for hydroxylation is 2. The molecule has 0 radical (unpaired) electrons. The molecule has 0 saturated heterocycles. The van der Waals surface area contributed by atoms with Crippen molar-refractivity contribution in [2.75, 3.05) is 0 Å². The van der Waals surface area contributed by atoms with Crippen LogP contribution >= 0.6 is 0 Å². The molecule has 2 rings (SSSR count). The molecule has 0 unspecified atom stereocenters. The summed E-state index contributed by atoms with van der Waals surface area (Å²) in [6, 6.07) is 4.98. The Labute approximate surface area is 100 Å². The minimum absolute atomic E-state index is 0.928. The van der Waals surface area contributed by atoms with Crippen LogP contribution in [-0.2, 0) is 25.7 Å². The van der Waals surface area contributed by atoms with Crippen molar-refractivity contribution >= 4 is 0 Å². The van der Waals surface area contributed by atoms with Crippen LogP contribution in [0.2, 0.25) is 0 Å². The summed E-state index contributed by atoms with van der Waals surface area (Å²) < 4.78 is 0. The molecule has 0 saturated carbocycles. The van der Waals surface area contributed by atoms with Crippen molar-refractivity contribution in [3.8, 4) is 0 Å². The standard InChI is InChI=1S/C16H24/c1-4-7-12-8-15-10-13(5-2)14(6-3)11-16(15)9-12/h10-12H,4-9H2,1-3H3. The summed E-state index contributed by atoms with van der Waals surface area (Å²) >= 11 is 0. The van der Waals surface area contributed by atoms with Gasteiger partial charge in [-0.3, -0.25) is 0 Å². The molecule has 0 heterocycles. The molecular formula is C16H24. The van der Waals surface area contributed by atoms with Crippen LogP contribution in [0.3, 0.4) is 0 Å². The predicted octanol–water partition coefficient (Wildman–Crippen LogP) is 4.33. The zero-order valence-electron chi connectivity index (χ0n) is 11.0. The van der Waals surface area contributed by atoms with Crippen LogP contribution in [-0.4, -0.2) is 0 Å². The minimum atomic E-state index is 0.928. The largest absolute Gasteiger partial charge is 0.0654 e. The molecule has 0 N–H and O–H groups in total. The predicted molar refractivity (Wildman–Crippen MR) is 71.0 cm³/mol. The van der Waals surface area contributed by atoms with Crippen molar-refractivity contribution < 1.29 is 0 Å². The molecule has 1 aliphatic carbocycles. The van der Waals surface area contributed by atoms with Gasteiger partial charge in [-0.15, -0.1) is 0 Å². The van der Waals surface area contributed by atoms with Crippen LogP contribution in [0, 0.1) is 5.92 Å². The minimum Gasteiger partial charge on any atom is -0.0654 e. The summed E-state index contributed by atoms with van der Waals surface area (Å²) in [6.45, 7) is 6.86.